The Balaban J connectivity index is 1.27. The van der Waals surface area contributed by atoms with Crippen LogP contribution in [0.3, 0.4) is 0 Å². The molecule has 0 atom stereocenters. The van der Waals surface area contributed by atoms with Crippen LogP contribution in [0.2, 0.25) is 0 Å². The molecule has 3 N–H and O–H groups in total. The number of nitrogens with one attached hydrogen (secondary N) is 3. The fraction of sp³-hybridized carbons (Fsp3) is 0.241. The number of aromatic nitrogens is 1. The lowest BCUT2D eigenvalue weighted by molar-refractivity contribution is -0.121. The number of carbonyl (C=O) groups excluding carboxylic acids is 2. The highest BCUT2D eigenvalue weighted by atomic mass is 19.1. The summed E-state index contributed by atoms with van der Waals surface area (Å²) in [5.41, 5.74) is 4.69. The van der Waals surface area contributed by atoms with E-state index in [0.29, 0.717) is 11.3 Å². The molecule has 5 nitrogen and oxygen atoms in total. The second-order valence-electron chi connectivity index (χ2n) is 9.47. The third-order valence-electron chi connectivity index (χ3n) is 6.84. The van der Waals surface area contributed by atoms with Gasteiger partial charge in [0.25, 0.3) is 5.91 Å². The molecule has 4 aromatic rings. The van der Waals surface area contributed by atoms with Crippen molar-refractivity contribution in [1.82, 2.24) is 4.98 Å². The summed E-state index contributed by atoms with van der Waals surface area (Å²) in [5, 5.41) is 6.76. The van der Waals surface area contributed by atoms with Crippen molar-refractivity contribution in [3.05, 3.63) is 84.2 Å². The summed E-state index contributed by atoms with van der Waals surface area (Å²) >= 11 is 0. The largest absolute Gasteiger partial charge is 0.355 e. The Morgan fingerprint density at radius 1 is 0.829 bits per heavy atom. The summed E-state index contributed by atoms with van der Waals surface area (Å²) in [6.07, 6.45) is 4.16. The molecular formula is C29H28FN3O2. The topological polar surface area (TPSA) is 74.0 Å². The quantitative estimate of drug-likeness (QED) is 0.295. The van der Waals surface area contributed by atoms with Gasteiger partial charge in [0, 0.05) is 39.5 Å². The van der Waals surface area contributed by atoms with Crippen molar-refractivity contribution in [2.24, 2.45) is 11.8 Å². The van der Waals surface area contributed by atoms with Crippen molar-refractivity contribution < 1.29 is 14.0 Å². The molecule has 0 bridgehead atoms. The summed E-state index contributed by atoms with van der Waals surface area (Å²) in [4.78, 5) is 28.6. The molecule has 1 aliphatic carbocycles. The van der Waals surface area contributed by atoms with Gasteiger partial charge in [-0.1, -0.05) is 19.1 Å². The molecule has 0 saturated heterocycles. The molecule has 2 amide bonds. The van der Waals surface area contributed by atoms with Gasteiger partial charge >= 0.3 is 0 Å². The van der Waals surface area contributed by atoms with Gasteiger partial charge in [0.1, 0.15) is 5.82 Å². The Kier molecular flexibility index (Phi) is 6.36. The Labute approximate surface area is 203 Å². The van der Waals surface area contributed by atoms with Gasteiger partial charge in [-0.15, -0.1) is 0 Å². The number of rotatable bonds is 5. The van der Waals surface area contributed by atoms with E-state index in [4.69, 9.17) is 0 Å². The van der Waals surface area contributed by atoms with Crippen molar-refractivity contribution in [2.45, 2.75) is 32.6 Å². The summed E-state index contributed by atoms with van der Waals surface area (Å²) < 4.78 is 13.1. The second kappa shape index (κ2) is 9.74. The van der Waals surface area contributed by atoms with E-state index >= 15 is 0 Å². The van der Waals surface area contributed by atoms with Crippen LogP contribution in [0.4, 0.5) is 15.8 Å². The lowest BCUT2D eigenvalue weighted by Crippen LogP contribution is -2.26. The van der Waals surface area contributed by atoms with E-state index in [1.165, 1.54) is 24.3 Å². The number of halogens is 1. The number of H-pyrrole nitrogens is 1. The third kappa shape index (κ3) is 5.27. The van der Waals surface area contributed by atoms with E-state index < -0.39 is 0 Å². The van der Waals surface area contributed by atoms with E-state index in [-0.39, 0.29) is 23.5 Å². The lowest BCUT2D eigenvalue weighted by Gasteiger charge is -2.25. The zero-order chi connectivity index (χ0) is 24.4. The van der Waals surface area contributed by atoms with Crippen molar-refractivity contribution in [2.75, 3.05) is 10.6 Å². The molecule has 5 rings (SSSR count). The SMILES string of the molecule is CC1CCC(C(=O)Nc2ccc(-c3cc4cc(C(=O)Nc5ccc(F)cc5)ccc4[nH]3)cc2)CC1. The number of anilines is 2. The third-order valence-corrected chi connectivity index (χ3v) is 6.84. The van der Waals surface area contributed by atoms with Gasteiger partial charge in [-0.2, -0.15) is 0 Å². The van der Waals surface area contributed by atoms with Crippen LogP contribution in [0, 0.1) is 17.7 Å². The number of carbonyl (C=O) groups is 2. The molecule has 1 aliphatic rings. The van der Waals surface area contributed by atoms with E-state index in [1.54, 1.807) is 6.07 Å². The number of aromatic amines is 1. The van der Waals surface area contributed by atoms with Crippen LogP contribution in [-0.2, 0) is 4.79 Å². The number of benzene rings is 3. The van der Waals surface area contributed by atoms with Crippen molar-refractivity contribution in [3.8, 4) is 11.3 Å². The van der Waals surface area contributed by atoms with Gasteiger partial charge in [0.05, 0.1) is 0 Å². The van der Waals surface area contributed by atoms with Crippen LogP contribution in [0.1, 0.15) is 43.0 Å². The minimum Gasteiger partial charge on any atom is -0.355 e. The summed E-state index contributed by atoms with van der Waals surface area (Å²) in [6.45, 7) is 2.25. The minimum atomic E-state index is -0.349. The number of amides is 2. The van der Waals surface area contributed by atoms with E-state index in [9.17, 15) is 14.0 Å². The van der Waals surface area contributed by atoms with E-state index in [0.717, 1.165) is 59.4 Å². The van der Waals surface area contributed by atoms with Gasteiger partial charge in [0.15, 0.2) is 0 Å². The number of hydrogen-bond acceptors (Lipinski definition) is 2. The molecule has 1 fully saturated rings. The first-order valence-electron chi connectivity index (χ1n) is 12.1. The fourth-order valence-electron chi connectivity index (χ4n) is 4.67. The average Bonchev–Trinajstić information content (AvgIpc) is 3.30. The van der Waals surface area contributed by atoms with Crippen molar-refractivity contribution in [1.29, 1.82) is 0 Å². The van der Waals surface area contributed by atoms with Crippen LogP contribution >= 0.6 is 0 Å². The smallest absolute Gasteiger partial charge is 0.255 e. The predicted octanol–water partition coefficient (Wildman–Crippen LogP) is 6.99. The first-order valence-corrected chi connectivity index (χ1v) is 12.1. The zero-order valence-corrected chi connectivity index (χ0v) is 19.6. The maximum absolute atomic E-state index is 13.1. The molecule has 0 aliphatic heterocycles. The average molecular weight is 470 g/mol. The van der Waals surface area contributed by atoms with Gasteiger partial charge in [-0.3, -0.25) is 9.59 Å². The Bertz CT molecular complexity index is 1350. The Morgan fingerprint density at radius 2 is 1.49 bits per heavy atom. The monoisotopic (exact) mass is 469 g/mol. The molecule has 6 heteroatoms. The summed E-state index contributed by atoms with van der Waals surface area (Å²) in [6, 6.07) is 20.9. The number of hydrogen-bond donors (Lipinski definition) is 3. The highest BCUT2D eigenvalue weighted by Crippen LogP contribution is 2.30. The Morgan fingerprint density at radius 3 is 2.20 bits per heavy atom. The van der Waals surface area contributed by atoms with Crippen molar-refractivity contribution in [3.63, 3.8) is 0 Å². The molecule has 178 valence electrons. The molecule has 0 radical (unpaired) electrons. The molecular weight excluding hydrogens is 441 g/mol. The molecule has 1 aromatic heterocycles. The van der Waals surface area contributed by atoms with Crippen LogP contribution in [0.5, 0.6) is 0 Å². The Hall–Kier alpha value is -3.93. The summed E-state index contributed by atoms with van der Waals surface area (Å²) in [7, 11) is 0. The van der Waals surface area contributed by atoms with Gasteiger partial charge in [0.2, 0.25) is 5.91 Å². The molecule has 1 heterocycles. The standard InChI is InChI=1S/C29H28FN3O2/c1-18-2-4-20(5-3-18)28(34)31-24-11-6-19(7-12-24)27-17-22-16-21(8-15-26(22)33-27)29(35)32-25-13-9-23(30)10-14-25/h6-18,20,33H,2-5H2,1H3,(H,31,34)(H,32,35). The van der Waals surface area contributed by atoms with Crippen LogP contribution < -0.4 is 10.6 Å². The highest BCUT2D eigenvalue weighted by molar-refractivity contribution is 6.06. The molecule has 35 heavy (non-hydrogen) atoms. The maximum Gasteiger partial charge on any atom is 0.255 e. The first kappa shape index (κ1) is 22.8. The highest BCUT2D eigenvalue weighted by Gasteiger charge is 2.24. The maximum atomic E-state index is 13.1. The second-order valence-corrected chi connectivity index (χ2v) is 9.47. The normalized spacial score (nSPS) is 17.8. The predicted molar refractivity (Wildman–Crippen MR) is 138 cm³/mol. The molecule has 3 aromatic carbocycles. The van der Waals surface area contributed by atoms with Crippen LogP contribution in [0.25, 0.3) is 22.2 Å². The van der Waals surface area contributed by atoms with Crippen molar-refractivity contribution >= 4 is 34.1 Å². The molecule has 1 saturated carbocycles. The lowest BCUT2D eigenvalue weighted by atomic mass is 9.82. The number of fused-ring (bicyclic) bond motifs is 1. The van der Waals surface area contributed by atoms with E-state index in [1.807, 2.05) is 42.5 Å². The minimum absolute atomic E-state index is 0.106. The zero-order valence-electron chi connectivity index (χ0n) is 19.6. The fourth-order valence-corrected chi connectivity index (χ4v) is 4.67. The van der Waals surface area contributed by atoms with Crippen LogP contribution in [0.15, 0.2) is 72.8 Å². The van der Waals surface area contributed by atoms with Gasteiger partial charge < -0.3 is 15.6 Å². The summed E-state index contributed by atoms with van der Waals surface area (Å²) in [5.74, 6) is 0.331. The molecule has 0 unspecified atom stereocenters. The van der Waals surface area contributed by atoms with E-state index in [2.05, 4.69) is 22.5 Å². The van der Waals surface area contributed by atoms with Gasteiger partial charge in [-0.05, 0) is 97.8 Å². The molecule has 0 spiro atoms. The first-order chi connectivity index (χ1) is 16.9. The van der Waals surface area contributed by atoms with Crippen LogP contribution in [-0.4, -0.2) is 16.8 Å². The van der Waals surface area contributed by atoms with Gasteiger partial charge in [-0.25, -0.2) is 4.39 Å².